The number of aryl methyl sites for hydroxylation is 3. The zero-order valence-electron chi connectivity index (χ0n) is 18.3. The Kier molecular flexibility index (Phi) is 5.42. The van der Waals surface area contributed by atoms with E-state index in [4.69, 9.17) is 4.98 Å². The first-order valence-electron chi connectivity index (χ1n) is 11.7. The first-order chi connectivity index (χ1) is 15.1. The van der Waals surface area contributed by atoms with Gasteiger partial charge < -0.3 is 9.47 Å². The van der Waals surface area contributed by atoms with Gasteiger partial charge in [-0.05, 0) is 37.7 Å². The summed E-state index contributed by atoms with van der Waals surface area (Å²) in [6.45, 7) is 2.18. The van der Waals surface area contributed by atoms with Crippen LogP contribution in [0.15, 0.2) is 39.9 Å². The molecule has 1 aromatic carbocycles. The Bertz CT molecular complexity index is 1180. The van der Waals surface area contributed by atoms with Gasteiger partial charge in [0.15, 0.2) is 11.2 Å². The van der Waals surface area contributed by atoms with Gasteiger partial charge in [-0.25, -0.2) is 4.79 Å². The third-order valence-corrected chi connectivity index (χ3v) is 6.96. The summed E-state index contributed by atoms with van der Waals surface area (Å²) in [6, 6.07) is 10.7. The number of hydrogen-bond donors (Lipinski definition) is 0. The van der Waals surface area contributed by atoms with Gasteiger partial charge in [0.05, 0.1) is 0 Å². The van der Waals surface area contributed by atoms with Gasteiger partial charge in [0.1, 0.15) is 0 Å². The van der Waals surface area contributed by atoms with Crippen molar-refractivity contribution in [3.63, 3.8) is 0 Å². The van der Waals surface area contributed by atoms with E-state index in [1.54, 1.807) is 11.6 Å². The molecule has 7 nitrogen and oxygen atoms in total. The Labute approximate surface area is 181 Å². The van der Waals surface area contributed by atoms with E-state index in [1.165, 1.54) is 42.2 Å². The maximum atomic E-state index is 13.4. The average Bonchev–Trinajstić information content (AvgIpc) is 3.21. The third-order valence-electron chi connectivity index (χ3n) is 6.96. The second-order valence-electron chi connectivity index (χ2n) is 8.96. The van der Waals surface area contributed by atoms with Crippen LogP contribution in [-0.2, 0) is 26.6 Å². The minimum Gasteiger partial charge on any atom is -0.339 e. The zero-order chi connectivity index (χ0) is 21.4. The standard InChI is InChI=1S/C24H31N5O2/c1-26-21-20(22(30)29(24(26)31)15-8-12-18-10-4-2-5-11-18)28-17-9-16-27(23(28)25-21)19-13-6-3-7-14-19/h2,4-5,10-11,19H,3,6-9,12-17H2,1H3. The second kappa shape index (κ2) is 8.36. The summed E-state index contributed by atoms with van der Waals surface area (Å²) in [4.78, 5) is 33.7. The molecule has 7 heteroatoms. The van der Waals surface area contributed by atoms with Crippen molar-refractivity contribution in [1.82, 2.24) is 18.7 Å². The molecule has 1 saturated carbocycles. The van der Waals surface area contributed by atoms with Crippen LogP contribution in [0.4, 0.5) is 5.95 Å². The number of nitrogens with zero attached hydrogens (tertiary/aromatic N) is 5. The van der Waals surface area contributed by atoms with Crippen molar-refractivity contribution in [2.75, 3.05) is 11.4 Å². The fraction of sp³-hybridized carbons (Fsp3) is 0.542. The molecule has 5 rings (SSSR count). The molecule has 3 aromatic rings. The predicted molar refractivity (Wildman–Crippen MR) is 123 cm³/mol. The van der Waals surface area contributed by atoms with Gasteiger partial charge in [0, 0.05) is 32.7 Å². The van der Waals surface area contributed by atoms with Crippen LogP contribution in [-0.4, -0.2) is 31.3 Å². The van der Waals surface area contributed by atoms with Crippen molar-refractivity contribution in [1.29, 1.82) is 0 Å². The van der Waals surface area contributed by atoms with Crippen molar-refractivity contribution in [2.24, 2.45) is 7.05 Å². The molecule has 0 radical (unpaired) electrons. The van der Waals surface area contributed by atoms with E-state index in [9.17, 15) is 9.59 Å². The molecular formula is C24H31N5O2. The molecule has 0 N–H and O–H groups in total. The number of benzene rings is 1. The summed E-state index contributed by atoms with van der Waals surface area (Å²) in [5.74, 6) is 0.877. The lowest BCUT2D eigenvalue weighted by atomic mass is 9.94. The van der Waals surface area contributed by atoms with Gasteiger partial charge in [-0.3, -0.25) is 13.9 Å². The molecule has 2 aliphatic rings. The topological polar surface area (TPSA) is 65.1 Å². The largest absolute Gasteiger partial charge is 0.339 e. The van der Waals surface area contributed by atoms with E-state index < -0.39 is 0 Å². The number of imidazole rings is 1. The first-order valence-corrected chi connectivity index (χ1v) is 11.7. The minimum absolute atomic E-state index is 0.199. The molecule has 0 atom stereocenters. The number of fused-ring (bicyclic) bond motifs is 3. The van der Waals surface area contributed by atoms with Gasteiger partial charge in [-0.15, -0.1) is 0 Å². The smallest absolute Gasteiger partial charge is 0.332 e. The van der Waals surface area contributed by atoms with Gasteiger partial charge in [0.25, 0.3) is 5.56 Å². The molecule has 0 spiro atoms. The quantitative estimate of drug-likeness (QED) is 0.635. The Morgan fingerprint density at radius 2 is 1.77 bits per heavy atom. The Hall–Kier alpha value is -2.83. The maximum Gasteiger partial charge on any atom is 0.332 e. The maximum absolute atomic E-state index is 13.4. The lowest BCUT2D eigenvalue weighted by molar-refractivity contribution is 0.391. The van der Waals surface area contributed by atoms with Crippen LogP contribution in [0, 0.1) is 0 Å². The minimum atomic E-state index is -0.273. The fourth-order valence-corrected chi connectivity index (χ4v) is 5.31. The predicted octanol–water partition coefficient (Wildman–Crippen LogP) is 3.07. The average molecular weight is 422 g/mol. The Morgan fingerprint density at radius 1 is 1.00 bits per heavy atom. The van der Waals surface area contributed by atoms with Gasteiger partial charge in [0.2, 0.25) is 5.95 Å². The van der Waals surface area contributed by atoms with Crippen molar-refractivity contribution in [3.8, 4) is 0 Å². The van der Waals surface area contributed by atoms with Crippen LogP contribution in [0.3, 0.4) is 0 Å². The summed E-state index contributed by atoms with van der Waals surface area (Å²) in [6.07, 6.45) is 8.79. The highest BCUT2D eigenvalue weighted by atomic mass is 16.2. The molecule has 164 valence electrons. The van der Waals surface area contributed by atoms with Gasteiger partial charge in [-0.1, -0.05) is 49.6 Å². The lowest BCUT2D eigenvalue weighted by Gasteiger charge is -2.37. The SMILES string of the molecule is Cn1c(=O)n(CCCc2ccccc2)c(=O)c2c1nc1n2CCCN1C1CCCCC1. The van der Waals surface area contributed by atoms with Crippen LogP contribution in [0.5, 0.6) is 0 Å². The monoisotopic (exact) mass is 421 g/mol. The van der Waals surface area contributed by atoms with Crippen molar-refractivity contribution in [3.05, 3.63) is 56.7 Å². The molecule has 1 aliphatic carbocycles. The van der Waals surface area contributed by atoms with Crippen molar-refractivity contribution in [2.45, 2.75) is 70.5 Å². The zero-order valence-corrected chi connectivity index (χ0v) is 18.3. The fourth-order valence-electron chi connectivity index (χ4n) is 5.31. The Balaban J connectivity index is 1.51. The summed E-state index contributed by atoms with van der Waals surface area (Å²) in [7, 11) is 1.74. The highest BCUT2D eigenvalue weighted by Crippen LogP contribution is 2.31. The van der Waals surface area contributed by atoms with E-state index in [0.717, 1.165) is 38.3 Å². The van der Waals surface area contributed by atoms with E-state index in [0.29, 0.717) is 23.8 Å². The van der Waals surface area contributed by atoms with Crippen LogP contribution in [0.1, 0.15) is 50.5 Å². The highest BCUT2D eigenvalue weighted by Gasteiger charge is 2.30. The van der Waals surface area contributed by atoms with Crippen LogP contribution < -0.4 is 16.1 Å². The summed E-state index contributed by atoms with van der Waals surface area (Å²) < 4.78 is 5.03. The molecule has 2 aromatic heterocycles. The first kappa shape index (κ1) is 20.1. The second-order valence-corrected chi connectivity index (χ2v) is 8.96. The number of rotatable bonds is 5. The summed E-state index contributed by atoms with van der Waals surface area (Å²) in [5.41, 5.74) is 1.85. The molecule has 31 heavy (non-hydrogen) atoms. The Morgan fingerprint density at radius 3 is 2.55 bits per heavy atom. The molecule has 1 aliphatic heterocycles. The van der Waals surface area contributed by atoms with E-state index in [-0.39, 0.29) is 11.2 Å². The van der Waals surface area contributed by atoms with Crippen LogP contribution in [0.2, 0.25) is 0 Å². The van der Waals surface area contributed by atoms with E-state index >= 15 is 0 Å². The van der Waals surface area contributed by atoms with E-state index in [2.05, 4.69) is 21.6 Å². The van der Waals surface area contributed by atoms with Crippen molar-refractivity contribution >= 4 is 17.1 Å². The third kappa shape index (κ3) is 3.60. The molecule has 0 unspecified atom stereocenters. The molecule has 3 heterocycles. The number of hydrogen-bond acceptors (Lipinski definition) is 4. The summed E-state index contributed by atoms with van der Waals surface area (Å²) in [5, 5.41) is 0. The van der Waals surface area contributed by atoms with Crippen LogP contribution >= 0.6 is 0 Å². The normalized spacial score (nSPS) is 17.3. The molecule has 1 fully saturated rings. The summed E-state index contributed by atoms with van der Waals surface area (Å²) >= 11 is 0. The number of aromatic nitrogens is 4. The van der Waals surface area contributed by atoms with Gasteiger partial charge in [-0.2, -0.15) is 4.98 Å². The lowest BCUT2D eigenvalue weighted by Crippen LogP contribution is -2.42. The number of anilines is 1. The van der Waals surface area contributed by atoms with Crippen LogP contribution in [0.25, 0.3) is 11.2 Å². The van der Waals surface area contributed by atoms with Crippen molar-refractivity contribution < 1.29 is 0 Å². The highest BCUT2D eigenvalue weighted by molar-refractivity contribution is 5.75. The molecule has 0 bridgehead atoms. The molecule has 0 saturated heterocycles. The molecule has 0 amide bonds. The molecular weight excluding hydrogens is 390 g/mol. The van der Waals surface area contributed by atoms with E-state index in [1.807, 2.05) is 18.2 Å². The van der Waals surface area contributed by atoms with Gasteiger partial charge >= 0.3 is 5.69 Å².